The highest BCUT2D eigenvalue weighted by Gasteiger charge is 2.07. The second kappa shape index (κ2) is 6.85. The fourth-order valence-electron chi connectivity index (χ4n) is 1.24. The molecule has 1 atom stereocenters. The molecule has 1 unspecified atom stereocenters. The molecule has 1 heterocycles. The molecule has 0 aromatic carbocycles. The van der Waals surface area contributed by atoms with Crippen LogP contribution in [-0.2, 0) is 13.1 Å². The van der Waals surface area contributed by atoms with Crippen molar-refractivity contribution in [2.24, 2.45) is 0 Å². The van der Waals surface area contributed by atoms with Crippen molar-refractivity contribution < 1.29 is 0 Å². The molecule has 6 heteroatoms. The van der Waals surface area contributed by atoms with Gasteiger partial charge in [-0.05, 0) is 23.1 Å². The van der Waals surface area contributed by atoms with E-state index in [4.69, 9.17) is 0 Å². The number of hydrogen-bond acceptors (Lipinski definition) is 5. The van der Waals surface area contributed by atoms with E-state index in [0.717, 1.165) is 25.3 Å². The number of hydrogen-bond donors (Lipinski definition) is 1. The zero-order valence-corrected chi connectivity index (χ0v) is 11.3. The van der Waals surface area contributed by atoms with Gasteiger partial charge in [-0.25, -0.2) is 4.68 Å². The molecule has 0 aliphatic heterocycles. The molecule has 0 amide bonds. The lowest BCUT2D eigenvalue weighted by molar-refractivity contribution is 0.503. The van der Waals surface area contributed by atoms with Crippen LogP contribution in [0, 0.1) is 0 Å². The van der Waals surface area contributed by atoms with Crippen LogP contribution in [0.4, 0.5) is 0 Å². The molecule has 1 rings (SSSR count). The van der Waals surface area contributed by atoms with Gasteiger partial charge in [0.2, 0.25) is 0 Å². The third-order valence-corrected chi connectivity index (χ3v) is 3.46. The largest absolute Gasteiger partial charge is 0.308 e. The number of rotatable bonds is 7. The van der Waals surface area contributed by atoms with Crippen LogP contribution in [0.25, 0.3) is 0 Å². The lowest BCUT2D eigenvalue weighted by Gasteiger charge is -2.10. The highest BCUT2D eigenvalue weighted by atomic mass is 32.2. The van der Waals surface area contributed by atoms with Crippen molar-refractivity contribution in [3.05, 3.63) is 5.82 Å². The van der Waals surface area contributed by atoms with E-state index in [0.29, 0.717) is 11.3 Å². The molecule has 0 aliphatic rings. The summed E-state index contributed by atoms with van der Waals surface area (Å²) in [6.45, 7) is 8.08. The van der Waals surface area contributed by atoms with Crippen LogP contribution in [0.3, 0.4) is 0 Å². The standard InChI is InChI=1S/C10H21N5S/c1-8(2)11-7-10-12-13-14-15(10)6-5-9(3)16-4/h8-9,11H,5-7H2,1-4H3. The number of nitrogens with zero attached hydrogens (tertiary/aromatic N) is 4. The van der Waals surface area contributed by atoms with E-state index in [2.05, 4.69) is 47.9 Å². The summed E-state index contributed by atoms with van der Waals surface area (Å²) in [5, 5.41) is 15.7. The molecular weight excluding hydrogens is 222 g/mol. The predicted molar refractivity (Wildman–Crippen MR) is 67.4 cm³/mol. The topological polar surface area (TPSA) is 55.6 Å². The summed E-state index contributed by atoms with van der Waals surface area (Å²) in [5.74, 6) is 0.919. The fourth-order valence-corrected chi connectivity index (χ4v) is 1.58. The molecule has 0 radical (unpaired) electrons. The average Bonchev–Trinajstić information content (AvgIpc) is 2.70. The maximum Gasteiger partial charge on any atom is 0.165 e. The smallest absolute Gasteiger partial charge is 0.165 e. The minimum atomic E-state index is 0.454. The van der Waals surface area contributed by atoms with Gasteiger partial charge >= 0.3 is 0 Å². The first-order valence-electron chi connectivity index (χ1n) is 5.64. The number of nitrogens with one attached hydrogen (secondary N) is 1. The van der Waals surface area contributed by atoms with Gasteiger partial charge in [-0.3, -0.25) is 0 Å². The lowest BCUT2D eigenvalue weighted by atomic mass is 10.3. The van der Waals surface area contributed by atoms with Gasteiger partial charge < -0.3 is 5.32 Å². The van der Waals surface area contributed by atoms with E-state index in [1.807, 2.05) is 16.4 Å². The number of aromatic nitrogens is 4. The minimum Gasteiger partial charge on any atom is -0.308 e. The van der Waals surface area contributed by atoms with Crippen molar-refractivity contribution in [3.63, 3.8) is 0 Å². The number of tetrazole rings is 1. The van der Waals surface area contributed by atoms with E-state index in [1.54, 1.807) is 0 Å². The van der Waals surface area contributed by atoms with Crippen molar-refractivity contribution >= 4 is 11.8 Å². The van der Waals surface area contributed by atoms with Crippen LogP contribution < -0.4 is 5.32 Å². The first-order chi connectivity index (χ1) is 7.63. The number of thioether (sulfide) groups is 1. The van der Waals surface area contributed by atoms with Gasteiger partial charge in [-0.2, -0.15) is 11.8 Å². The molecule has 92 valence electrons. The zero-order chi connectivity index (χ0) is 12.0. The Morgan fingerprint density at radius 2 is 2.12 bits per heavy atom. The van der Waals surface area contributed by atoms with Crippen molar-refractivity contribution in [1.29, 1.82) is 0 Å². The zero-order valence-electron chi connectivity index (χ0n) is 10.5. The summed E-state index contributed by atoms with van der Waals surface area (Å²) in [7, 11) is 0. The second-order valence-corrected chi connectivity index (χ2v) is 5.46. The Balaban J connectivity index is 2.43. The van der Waals surface area contributed by atoms with Gasteiger partial charge in [-0.15, -0.1) is 5.10 Å². The molecule has 16 heavy (non-hydrogen) atoms. The molecule has 0 spiro atoms. The van der Waals surface area contributed by atoms with Crippen LogP contribution in [0.15, 0.2) is 0 Å². The van der Waals surface area contributed by atoms with Crippen LogP contribution >= 0.6 is 11.8 Å². The summed E-state index contributed by atoms with van der Waals surface area (Å²) in [6, 6.07) is 0.454. The molecule has 1 aromatic heterocycles. The van der Waals surface area contributed by atoms with Gasteiger partial charge in [0.25, 0.3) is 0 Å². The van der Waals surface area contributed by atoms with E-state index in [1.165, 1.54) is 0 Å². The van der Waals surface area contributed by atoms with Gasteiger partial charge in [0.1, 0.15) is 0 Å². The molecule has 0 fully saturated rings. The summed E-state index contributed by atoms with van der Waals surface area (Å²) < 4.78 is 1.89. The highest BCUT2D eigenvalue weighted by molar-refractivity contribution is 7.99. The lowest BCUT2D eigenvalue weighted by Crippen LogP contribution is -2.24. The maximum atomic E-state index is 4.02. The summed E-state index contributed by atoms with van der Waals surface area (Å²) >= 11 is 1.87. The Labute approximate surface area is 101 Å². The van der Waals surface area contributed by atoms with Crippen molar-refractivity contribution in [1.82, 2.24) is 25.5 Å². The Kier molecular flexibility index (Phi) is 5.76. The van der Waals surface area contributed by atoms with E-state index < -0.39 is 0 Å². The van der Waals surface area contributed by atoms with E-state index >= 15 is 0 Å². The third-order valence-electron chi connectivity index (χ3n) is 2.42. The Morgan fingerprint density at radius 1 is 1.38 bits per heavy atom. The first-order valence-corrected chi connectivity index (χ1v) is 6.93. The third kappa shape index (κ3) is 4.49. The summed E-state index contributed by atoms with van der Waals surface area (Å²) in [6.07, 6.45) is 3.23. The Bertz CT molecular complexity index is 299. The normalized spacial score (nSPS) is 13.3. The SMILES string of the molecule is CSC(C)CCn1nnnc1CNC(C)C. The van der Waals surface area contributed by atoms with Gasteiger partial charge in [-0.1, -0.05) is 20.8 Å². The molecule has 5 nitrogen and oxygen atoms in total. The Hall–Kier alpha value is -0.620. The van der Waals surface area contributed by atoms with Crippen LogP contribution in [0.5, 0.6) is 0 Å². The number of aryl methyl sites for hydroxylation is 1. The summed E-state index contributed by atoms with van der Waals surface area (Å²) in [4.78, 5) is 0. The summed E-state index contributed by atoms with van der Waals surface area (Å²) in [5.41, 5.74) is 0. The molecule has 1 aromatic rings. The van der Waals surface area contributed by atoms with Gasteiger partial charge in [0, 0.05) is 17.8 Å². The monoisotopic (exact) mass is 243 g/mol. The molecule has 0 bridgehead atoms. The molecule has 0 saturated carbocycles. The second-order valence-electron chi connectivity index (χ2n) is 4.19. The highest BCUT2D eigenvalue weighted by Crippen LogP contribution is 2.10. The quantitative estimate of drug-likeness (QED) is 0.782. The fraction of sp³-hybridized carbons (Fsp3) is 0.900. The average molecular weight is 243 g/mol. The van der Waals surface area contributed by atoms with E-state index in [-0.39, 0.29) is 0 Å². The van der Waals surface area contributed by atoms with Crippen molar-refractivity contribution in [2.75, 3.05) is 6.26 Å². The molecule has 0 saturated heterocycles. The minimum absolute atomic E-state index is 0.454. The van der Waals surface area contributed by atoms with Crippen LogP contribution in [-0.4, -0.2) is 37.8 Å². The molecular formula is C10H21N5S. The maximum absolute atomic E-state index is 4.02. The molecule has 0 aliphatic carbocycles. The van der Waals surface area contributed by atoms with Crippen LogP contribution in [0.1, 0.15) is 33.0 Å². The first kappa shape index (κ1) is 13.4. The van der Waals surface area contributed by atoms with Gasteiger partial charge in [0.05, 0.1) is 6.54 Å². The van der Waals surface area contributed by atoms with E-state index in [9.17, 15) is 0 Å². The van der Waals surface area contributed by atoms with Gasteiger partial charge in [0.15, 0.2) is 5.82 Å². The van der Waals surface area contributed by atoms with Crippen molar-refractivity contribution in [2.45, 2.75) is 51.6 Å². The molecule has 1 N–H and O–H groups in total. The predicted octanol–water partition coefficient (Wildman–Crippen LogP) is 1.31. The van der Waals surface area contributed by atoms with Crippen LogP contribution in [0.2, 0.25) is 0 Å². The van der Waals surface area contributed by atoms with Crippen molar-refractivity contribution in [3.8, 4) is 0 Å². The Morgan fingerprint density at radius 3 is 2.75 bits per heavy atom.